The molecule has 1 amide bonds. The lowest BCUT2D eigenvalue weighted by Gasteiger charge is -2.15. The second-order valence-electron chi connectivity index (χ2n) is 4.29. The highest BCUT2D eigenvalue weighted by Gasteiger charge is 2.14. The lowest BCUT2D eigenvalue weighted by atomic mass is 10.2. The maximum atomic E-state index is 11.4. The van der Waals surface area contributed by atoms with Crippen molar-refractivity contribution < 1.29 is 19.1 Å². The van der Waals surface area contributed by atoms with Gasteiger partial charge in [0.15, 0.2) is 0 Å². The third-order valence-electron chi connectivity index (χ3n) is 2.49. The molecule has 0 saturated heterocycles. The molecular formula is C13H24ClNO4. The number of carbonyl (C=O) groups excluding carboxylic acids is 2. The van der Waals surface area contributed by atoms with E-state index in [1.165, 1.54) is 31.2 Å². The van der Waals surface area contributed by atoms with Crippen LogP contribution in [0, 0.1) is 0 Å². The highest BCUT2D eigenvalue weighted by Crippen LogP contribution is 2.02. The monoisotopic (exact) mass is 293 g/mol. The van der Waals surface area contributed by atoms with E-state index >= 15 is 0 Å². The molecule has 0 spiro atoms. The molecule has 6 heteroatoms. The summed E-state index contributed by atoms with van der Waals surface area (Å²) in [7, 11) is 1.49. The number of amides is 1. The van der Waals surface area contributed by atoms with Gasteiger partial charge in [-0.05, 0) is 6.42 Å². The van der Waals surface area contributed by atoms with E-state index in [-0.39, 0.29) is 19.0 Å². The number of likely N-dealkylation sites (N-methyl/N-ethyl adjacent to an activating group) is 1. The molecule has 0 aliphatic carbocycles. The third kappa shape index (κ3) is 10.6. The van der Waals surface area contributed by atoms with Crippen LogP contribution in [0.25, 0.3) is 0 Å². The van der Waals surface area contributed by atoms with Crippen molar-refractivity contribution in [2.24, 2.45) is 0 Å². The first-order chi connectivity index (χ1) is 9.11. The predicted molar refractivity (Wildman–Crippen MR) is 74.4 cm³/mol. The number of alkyl halides is 1. The van der Waals surface area contributed by atoms with E-state index in [4.69, 9.17) is 21.1 Å². The van der Waals surface area contributed by atoms with Gasteiger partial charge in [0.05, 0.1) is 12.5 Å². The van der Waals surface area contributed by atoms with Crippen LogP contribution in [-0.4, -0.2) is 49.6 Å². The Kier molecular flexibility index (Phi) is 11.5. The first kappa shape index (κ1) is 18.0. The van der Waals surface area contributed by atoms with Crippen molar-refractivity contribution >= 4 is 23.7 Å². The molecule has 0 saturated carbocycles. The van der Waals surface area contributed by atoms with Crippen LogP contribution in [0.3, 0.4) is 0 Å². The minimum Gasteiger partial charge on any atom is -0.464 e. The summed E-state index contributed by atoms with van der Waals surface area (Å²) in [5.41, 5.74) is 0. The van der Waals surface area contributed by atoms with Gasteiger partial charge in [-0.2, -0.15) is 0 Å². The topological polar surface area (TPSA) is 55.8 Å². The molecule has 0 bridgehead atoms. The lowest BCUT2D eigenvalue weighted by Crippen LogP contribution is -2.33. The quantitative estimate of drug-likeness (QED) is 0.353. The Bertz CT molecular complexity index is 261. The molecule has 19 heavy (non-hydrogen) atoms. The largest absolute Gasteiger partial charge is 0.464 e. The standard InChI is InChI=1S/C13H24ClNO4/c1-3-4-5-6-7-9-18-12(16)11-15(2)13(17)19-10-8-14/h3-11H2,1-2H3. The zero-order chi connectivity index (χ0) is 14.5. The van der Waals surface area contributed by atoms with Crippen LogP contribution in [0.4, 0.5) is 4.79 Å². The molecule has 0 radical (unpaired) electrons. The Balaban J connectivity index is 3.59. The van der Waals surface area contributed by atoms with Gasteiger partial charge in [-0.15, -0.1) is 11.6 Å². The molecule has 0 aliphatic rings. The molecule has 0 N–H and O–H groups in total. The van der Waals surface area contributed by atoms with Gasteiger partial charge in [-0.3, -0.25) is 4.79 Å². The van der Waals surface area contributed by atoms with E-state index in [0.717, 1.165) is 12.8 Å². The number of halogens is 1. The van der Waals surface area contributed by atoms with Crippen LogP contribution in [0.1, 0.15) is 39.0 Å². The number of esters is 1. The zero-order valence-electron chi connectivity index (χ0n) is 11.8. The van der Waals surface area contributed by atoms with Gasteiger partial charge in [0.2, 0.25) is 0 Å². The molecule has 0 aromatic heterocycles. The summed E-state index contributed by atoms with van der Waals surface area (Å²) < 4.78 is 9.80. The van der Waals surface area contributed by atoms with Gasteiger partial charge >= 0.3 is 12.1 Å². The van der Waals surface area contributed by atoms with Gasteiger partial charge in [-0.1, -0.05) is 32.6 Å². The van der Waals surface area contributed by atoms with Crippen molar-refractivity contribution in [1.82, 2.24) is 4.90 Å². The molecule has 0 aromatic rings. The highest BCUT2D eigenvalue weighted by molar-refractivity contribution is 6.18. The van der Waals surface area contributed by atoms with Crippen LogP contribution >= 0.6 is 11.6 Å². The minimum atomic E-state index is -0.569. The molecule has 0 aliphatic heterocycles. The summed E-state index contributed by atoms with van der Waals surface area (Å²) in [4.78, 5) is 23.9. The van der Waals surface area contributed by atoms with Gasteiger partial charge < -0.3 is 14.4 Å². The second-order valence-corrected chi connectivity index (χ2v) is 4.67. The molecule has 0 aromatic carbocycles. The van der Waals surface area contributed by atoms with E-state index in [9.17, 15) is 9.59 Å². The smallest absolute Gasteiger partial charge is 0.410 e. The second kappa shape index (κ2) is 12.1. The highest BCUT2D eigenvalue weighted by atomic mass is 35.5. The summed E-state index contributed by atoms with van der Waals surface area (Å²) in [5, 5.41) is 0. The SMILES string of the molecule is CCCCCCCOC(=O)CN(C)C(=O)OCCCl. The van der Waals surface area contributed by atoms with E-state index in [1.807, 2.05) is 0 Å². The Morgan fingerprint density at radius 3 is 2.37 bits per heavy atom. The molecule has 0 heterocycles. The fourth-order valence-electron chi connectivity index (χ4n) is 1.43. The molecule has 0 unspecified atom stereocenters. The Hall–Kier alpha value is -0.970. The summed E-state index contributed by atoms with van der Waals surface area (Å²) in [6.45, 7) is 2.60. The van der Waals surface area contributed by atoms with Crippen LogP contribution in [-0.2, 0) is 14.3 Å². The Morgan fingerprint density at radius 2 is 1.74 bits per heavy atom. The normalized spacial score (nSPS) is 10.1. The zero-order valence-corrected chi connectivity index (χ0v) is 12.6. The Labute approximate surface area is 120 Å². The Morgan fingerprint density at radius 1 is 1.05 bits per heavy atom. The van der Waals surface area contributed by atoms with Crippen LogP contribution < -0.4 is 0 Å². The van der Waals surface area contributed by atoms with Gasteiger partial charge in [0.1, 0.15) is 13.2 Å². The van der Waals surface area contributed by atoms with Crippen LogP contribution in [0.15, 0.2) is 0 Å². The van der Waals surface area contributed by atoms with Crippen molar-refractivity contribution in [3.05, 3.63) is 0 Å². The fraction of sp³-hybridized carbons (Fsp3) is 0.846. The maximum Gasteiger partial charge on any atom is 0.410 e. The summed E-state index contributed by atoms with van der Waals surface area (Å²) in [6, 6.07) is 0. The van der Waals surface area contributed by atoms with Gasteiger partial charge in [0.25, 0.3) is 0 Å². The minimum absolute atomic E-state index is 0.101. The van der Waals surface area contributed by atoms with Crippen molar-refractivity contribution in [3.8, 4) is 0 Å². The van der Waals surface area contributed by atoms with Crippen molar-refractivity contribution in [3.63, 3.8) is 0 Å². The van der Waals surface area contributed by atoms with E-state index < -0.39 is 12.1 Å². The first-order valence-corrected chi connectivity index (χ1v) is 7.24. The number of nitrogens with zero attached hydrogens (tertiary/aromatic N) is 1. The van der Waals surface area contributed by atoms with E-state index in [0.29, 0.717) is 6.61 Å². The van der Waals surface area contributed by atoms with E-state index in [2.05, 4.69) is 6.92 Å². The van der Waals surface area contributed by atoms with Crippen LogP contribution in [0.2, 0.25) is 0 Å². The molecule has 0 rings (SSSR count). The van der Waals surface area contributed by atoms with Crippen molar-refractivity contribution in [1.29, 1.82) is 0 Å². The van der Waals surface area contributed by atoms with E-state index in [1.54, 1.807) is 0 Å². The maximum absolute atomic E-state index is 11.4. The number of ether oxygens (including phenoxy) is 2. The number of hydrogen-bond acceptors (Lipinski definition) is 4. The number of rotatable bonds is 10. The van der Waals surface area contributed by atoms with Gasteiger partial charge in [-0.25, -0.2) is 4.79 Å². The van der Waals surface area contributed by atoms with Gasteiger partial charge in [0, 0.05) is 7.05 Å². The first-order valence-electron chi connectivity index (χ1n) is 6.71. The van der Waals surface area contributed by atoms with Crippen molar-refractivity contribution in [2.75, 3.05) is 32.7 Å². The number of hydrogen-bond donors (Lipinski definition) is 0. The average Bonchev–Trinajstić information content (AvgIpc) is 2.39. The number of carbonyl (C=O) groups is 2. The number of unbranched alkanes of at least 4 members (excludes halogenated alkanes) is 4. The molecule has 5 nitrogen and oxygen atoms in total. The van der Waals surface area contributed by atoms with Crippen molar-refractivity contribution in [2.45, 2.75) is 39.0 Å². The fourth-order valence-corrected chi connectivity index (χ4v) is 1.51. The predicted octanol–water partition coefficient (Wildman–Crippen LogP) is 2.81. The molecule has 0 fully saturated rings. The summed E-state index contributed by atoms with van der Waals surface area (Å²) in [6.07, 6.45) is 4.93. The molecule has 112 valence electrons. The van der Waals surface area contributed by atoms with Crippen LogP contribution in [0.5, 0.6) is 0 Å². The average molecular weight is 294 g/mol. The molecular weight excluding hydrogens is 270 g/mol. The summed E-state index contributed by atoms with van der Waals surface area (Å²) >= 11 is 5.39. The third-order valence-corrected chi connectivity index (χ3v) is 2.65. The molecule has 0 atom stereocenters. The summed E-state index contributed by atoms with van der Waals surface area (Å²) in [5.74, 6) is -0.178. The lowest BCUT2D eigenvalue weighted by molar-refractivity contribution is -0.144.